The van der Waals surface area contributed by atoms with Crippen molar-refractivity contribution in [3.05, 3.63) is 115 Å². The molecule has 44 heavy (non-hydrogen) atoms. The fourth-order valence-corrected chi connectivity index (χ4v) is 7.09. The SMILES string of the molecule is C[Si](C)(C)c1ccc2cc3ccc4c5ccc(O)c(-c6cccc(-c7cccc(-c8[c-]cccc8)n7)n6)c5oc4n3c2c1.[Pt]. The van der Waals surface area contributed by atoms with Gasteiger partial charge in [-0.1, -0.05) is 55.2 Å². The average molecular weight is 770 g/mol. The van der Waals surface area contributed by atoms with E-state index in [1.807, 2.05) is 66.7 Å². The molecule has 0 aliphatic carbocycles. The molecule has 7 heteroatoms. The van der Waals surface area contributed by atoms with Crippen LogP contribution in [0.3, 0.4) is 0 Å². The van der Waals surface area contributed by atoms with E-state index < -0.39 is 8.07 Å². The number of benzene rings is 3. The van der Waals surface area contributed by atoms with Crippen molar-refractivity contribution in [3.63, 3.8) is 0 Å². The number of rotatable bonds is 4. The van der Waals surface area contributed by atoms with Gasteiger partial charge in [0.05, 0.1) is 36.2 Å². The Hall–Kier alpha value is -4.51. The summed E-state index contributed by atoms with van der Waals surface area (Å²) in [6.45, 7) is 7.09. The van der Waals surface area contributed by atoms with E-state index in [9.17, 15) is 5.11 Å². The van der Waals surface area contributed by atoms with Gasteiger partial charge in [0.15, 0.2) is 5.58 Å². The zero-order valence-corrected chi connectivity index (χ0v) is 27.7. The van der Waals surface area contributed by atoms with Gasteiger partial charge in [0.1, 0.15) is 5.75 Å². The Morgan fingerprint density at radius 2 is 1.45 bits per heavy atom. The molecule has 0 atom stereocenters. The minimum atomic E-state index is -1.52. The molecule has 0 saturated carbocycles. The molecule has 0 spiro atoms. The van der Waals surface area contributed by atoms with Gasteiger partial charge >= 0.3 is 0 Å². The van der Waals surface area contributed by atoms with Crippen LogP contribution in [0.4, 0.5) is 0 Å². The van der Waals surface area contributed by atoms with Crippen molar-refractivity contribution in [3.8, 4) is 39.7 Å². The van der Waals surface area contributed by atoms with Crippen molar-refractivity contribution in [2.24, 2.45) is 0 Å². The second-order valence-electron chi connectivity index (χ2n) is 12.0. The van der Waals surface area contributed by atoms with Crippen LogP contribution in [-0.2, 0) is 21.1 Å². The molecule has 0 saturated heterocycles. The van der Waals surface area contributed by atoms with Crippen LogP contribution in [0.15, 0.2) is 114 Å². The van der Waals surface area contributed by atoms with Crippen molar-refractivity contribution in [2.75, 3.05) is 0 Å². The first-order valence-corrected chi connectivity index (χ1v) is 17.9. The Bertz CT molecular complexity index is 2350. The molecular weight excluding hydrogens is 742 g/mol. The van der Waals surface area contributed by atoms with Crippen LogP contribution < -0.4 is 5.19 Å². The minimum Gasteiger partial charge on any atom is -0.507 e. The van der Waals surface area contributed by atoms with E-state index in [0.29, 0.717) is 22.5 Å². The first-order chi connectivity index (χ1) is 20.8. The molecule has 5 heterocycles. The second kappa shape index (κ2) is 10.6. The number of phenols is 1. The summed E-state index contributed by atoms with van der Waals surface area (Å²) in [6.07, 6.45) is 0. The maximum absolute atomic E-state index is 11.2. The summed E-state index contributed by atoms with van der Waals surface area (Å²) in [5.41, 5.74) is 7.95. The minimum absolute atomic E-state index is 0. The van der Waals surface area contributed by atoms with Gasteiger partial charge in [0.25, 0.3) is 0 Å². The molecule has 0 unspecified atom stereocenters. The largest absolute Gasteiger partial charge is 0.507 e. The smallest absolute Gasteiger partial charge is 0.213 e. The van der Waals surface area contributed by atoms with Gasteiger partial charge in [-0.05, 0) is 60.3 Å². The van der Waals surface area contributed by atoms with Gasteiger partial charge in [-0.3, -0.25) is 9.38 Å². The van der Waals surface area contributed by atoms with E-state index in [1.54, 1.807) is 6.07 Å². The molecule has 3 aromatic carbocycles. The monoisotopic (exact) mass is 769 g/mol. The normalized spacial score (nSPS) is 11.9. The van der Waals surface area contributed by atoms with E-state index in [0.717, 1.165) is 44.5 Å². The first kappa shape index (κ1) is 28.3. The van der Waals surface area contributed by atoms with Crippen molar-refractivity contribution < 1.29 is 30.6 Å². The van der Waals surface area contributed by atoms with Crippen molar-refractivity contribution in [1.82, 2.24) is 14.4 Å². The second-order valence-corrected chi connectivity index (χ2v) is 17.1. The predicted octanol–water partition coefficient (Wildman–Crippen LogP) is 8.83. The van der Waals surface area contributed by atoms with Gasteiger partial charge in [-0.2, -0.15) is 0 Å². The van der Waals surface area contributed by atoms with Crippen molar-refractivity contribution >= 4 is 51.7 Å². The summed E-state index contributed by atoms with van der Waals surface area (Å²) >= 11 is 0. The molecule has 0 fully saturated rings. The van der Waals surface area contributed by atoms with Gasteiger partial charge in [-0.25, -0.2) is 4.98 Å². The number of nitrogens with zero attached hydrogens (tertiary/aromatic N) is 3. The molecule has 1 N–H and O–H groups in total. The van der Waals surface area contributed by atoms with Crippen LogP contribution >= 0.6 is 0 Å². The number of furan rings is 1. The summed E-state index contributed by atoms with van der Waals surface area (Å²) in [7, 11) is -1.52. The Balaban J connectivity index is 0.00000312. The third-order valence-corrected chi connectivity index (χ3v) is 10.2. The molecule has 218 valence electrons. The summed E-state index contributed by atoms with van der Waals surface area (Å²) in [5, 5.41) is 15.7. The maximum Gasteiger partial charge on any atom is 0.213 e. The van der Waals surface area contributed by atoms with Gasteiger partial charge in [0, 0.05) is 42.7 Å². The van der Waals surface area contributed by atoms with Gasteiger partial charge in [-0.15, -0.1) is 35.9 Å². The predicted molar refractivity (Wildman–Crippen MR) is 178 cm³/mol. The summed E-state index contributed by atoms with van der Waals surface area (Å²) in [6, 6.07) is 39.6. The van der Waals surface area contributed by atoms with Crippen molar-refractivity contribution in [1.29, 1.82) is 0 Å². The molecule has 8 rings (SSSR count). The molecule has 5 aromatic heterocycles. The van der Waals surface area contributed by atoms with Crippen LogP contribution in [0, 0.1) is 6.07 Å². The molecule has 0 radical (unpaired) electrons. The maximum atomic E-state index is 11.2. The summed E-state index contributed by atoms with van der Waals surface area (Å²) in [5.74, 6) is 0.117. The number of fused-ring (bicyclic) bond motifs is 7. The number of hydrogen-bond donors (Lipinski definition) is 1. The van der Waals surface area contributed by atoms with E-state index in [2.05, 4.69) is 66.5 Å². The van der Waals surface area contributed by atoms with E-state index >= 15 is 0 Å². The van der Waals surface area contributed by atoms with Crippen LogP contribution in [0.5, 0.6) is 5.75 Å². The zero-order valence-electron chi connectivity index (χ0n) is 24.4. The average Bonchev–Trinajstić information content (AvgIpc) is 3.59. The van der Waals surface area contributed by atoms with E-state index in [-0.39, 0.29) is 26.8 Å². The molecule has 0 aliphatic heterocycles. The van der Waals surface area contributed by atoms with E-state index in [1.165, 1.54) is 10.6 Å². The van der Waals surface area contributed by atoms with Crippen molar-refractivity contribution in [2.45, 2.75) is 19.6 Å². The fourth-order valence-electron chi connectivity index (χ4n) is 5.94. The summed E-state index contributed by atoms with van der Waals surface area (Å²) < 4.78 is 8.90. The Kier molecular flexibility index (Phi) is 6.80. The van der Waals surface area contributed by atoms with Crippen LogP contribution in [0.2, 0.25) is 19.6 Å². The van der Waals surface area contributed by atoms with Gasteiger partial charge in [0.2, 0.25) is 5.71 Å². The summed E-state index contributed by atoms with van der Waals surface area (Å²) in [4.78, 5) is 9.84. The van der Waals surface area contributed by atoms with E-state index in [4.69, 9.17) is 14.4 Å². The third-order valence-electron chi connectivity index (χ3n) is 8.18. The fraction of sp³-hybridized carbons (Fsp3) is 0.0811. The van der Waals surface area contributed by atoms with Crippen LogP contribution in [0.1, 0.15) is 0 Å². The number of aromatic nitrogens is 3. The molecule has 0 aliphatic rings. The Labute approximate surface area is 270 Å². The third kappa shape index (κ3) is 4.57. The topological polar surface area (TPSA) is 63.6 Å². The molecule has 8 aromatic rings. The number of pyridine rings is 3. The molecule has 0 amide bonds. The van der Waals surface area contributed by atoms with Crippen LogP contribution in [-0.4, -0.2) is 27.5 Å². The zero-order chi connectivity index (χ0) is 29.3. The van der Waals surface area contributed by atoms with Crippen LogP contribution in [0.25, 0.3) is 72.4 Å². The Morgan fingerprint density at radius 3 is 2.20 bits per heavy atom. The standard InChI is InChI=1S/C37H28N3O2Si.Pt/c1-43(2,3)26-17-15-24-21-25-16-18-28-27-19-20-34(41)35(36(27)42-37(28)40(25)33(24)22-26)32-14-8-13-31(39-32)30-12-7-11-29(38-30)23-9-5-4-6-10-23;/h4-9,11-22,41H,1-3H3;/q-1;. The first-order valence-electron chi connectivity index (χ1n) is 14.4. The number of phenolic OH excluding ortho intramolecular Hbond substituents is 1. The molecule has 5 nitrogen and oxygen atoms in total. The quantitative estimate of drug-likeness (QED) is 0.144. The Morgan fingerprint density at radius 1 is 0.727 bits per heavy atom. The van der Waals surface area contributed by atoms with Gasteiger partial charge < -0.3 is 9.52 Å². The molecule has 0 bridgehead atoms. The molecular formula is C37H28N3O2PtSi-. The number of hydrogen-bond acceptors (Lipinski definition) is 4. The number of aromatic hydroxyl groups is 1.